The fraction of sp³-hybridized carbons (Fsp3) is 0.462. The molecule has 0 heterocycles. The number of rotatable bonds is 6. The molecule has 0 saturated carbocycles. The van der Waals surface area contributed by atoms with Gasteiger partial charge in [0.1, 0.15) is 9.84 Å². The molecular weight excluding hydrogens is 266 g/mol. The third-order valence-corrected chi connectivity index (χ3v) is 4.53. The molecule has 2 N–H and O–H groups in total. The number of esters is 1. The maximum Gasteiger partial charge on any atom is 0.338 e. The molecular formula is C13H19NO4S. The number of aryl methyl sites for hydroxylation is 1. The third kappa shape index (κ3) is 4.90. The lowest BCUT2D eigenvalue weighted by Gasteiger charge is -2.07. The number of benzene rings is 1. The van der Waals surface area contributed by atoms with Crippen molar-refractivity contribution in [3.8, 4) is 0 Å². The van der Waals surface area contributed by atoms with E-state index in [0.29, 0.717) is 17.7 Å². The van der Waals surface area contributed by atoms with Crippen molar-refractivity contribution in [2.45, 2.75) is 20.3 Å². The van der Waals surface area contributed by atoms with Crippen molar-refractivity contribution in [3.63, 3.8) is 0 Å². The first-order valence-corrected chi connectivity index (χ1v) is 7.91. The number of nitrogens with two attached hydrogens (primary N) is 1. The van der Waals surface area contributed by atoms with Gasteiger partial charge in [0.25, 0.3) is 0 Å². The van der Waals surface area contributed by atoms with E-state index in [1.165, 1.54) is 0 Å². The highest BCUT2D eigenvalue weighted by atomic mass is 32.2. The van der Waals surface area contributed by atoms with Crippen LogP contribution < -0.4 is 5.73 Å². The van der Waals surface area contributed by atoms with Crippen molar-refractivity contribution < 1.29 is 17.9 Å². The van der Waals surface area contributed by atoms with Crippen LogP contribution in [0.3, 0.4) is 0 Å². The van der Waals surface area contributed by atoms with Crippen LogP contribution in [-0.4, -0.2) is 32.5 Å². The Morgan fingerprint density at radius 3 is 2.63 bits per heavy atom. The summed E-state index contributed by atoms with van der Waals surface area (Å²) in [6.07, 6.45) is 0.315. The third-order valence-electron chi connectivity index (χ3n) is 2.74. The van der Waals surface area contributed by atoms with Gasteiger partial charge in [0, 0.05) is 11.4 Å². The first kappa shape index (κ1) is 15.5. The number of hydrogen-bond donors (Lipinski definition) is 1. The molecule has 0 aliphatic carbocycles. The molecule has 0 unspecified atom stereocenters. The highest BCUT2D eigenvalue weighted by Gasteiger charge is 2.12. The Morgan fingerprint density at radius 1 is 1.37 bits per heavy atom. The first-order valence-electron chi connectivity index (χ1n) is 6.09. The van der Waals surface area contributed by atoms with E-state index < -0.39 is 15.8 Å². The largest absolute Gasteiger partial charge is 0.462 e. The standard InChI is InChI=1S/C13H19NO4S/c1-3-19(16,17)8-4-7-18-13(15)12-6-5-11(14)9-10(12)2/h5-6,9H,3-4,7-8,14H2,1-2H3. The summed E-state index contributed by atoms with van der Waals surface area (Å²) in [5.74, 6) is -0.304. The number of nitrogen functional groups attached to an aromatic ring is 1. The normalized spacial score (nSPS) is 11.3. The molecule has 0 bridgehead atoms. The zero-order chi connectivity index (χ0) is 14.5. The number of ether oxygens (including phenoxy) is 1. The van der Waals surface area contributed by atoms with Gasteiger partial charge in [-0.15, -0.1) is 0 Å². The van der Waals surface area contributed by atoms with Gasteiger partial charge < -0.3 is 10.5 Å². The van der Waals surface area contributed by atoms with Gasteiger partial charge in [0.05, 0.1) is 17.9 Å². The first-order chi connectivity index (χ1) is 8.85. The van der Waals surface area contributed by atoms with Crippen molar-refractivity contribution in [1.29, 1.82) is 0 Å². The second-order valence-electron chi connectivity index (χ2n) is 4.30. The number of carbonyl (C=O) groups excluding carboxylic acids is 1. The number of hydrogen-bond acceptors (Lipinski definition) is 5. The Morgan fingerprint density at radius 2 is 2.05 bits per heavy atom. The molecule has 0 fully saturated rings. The van der Waals surface area contributed by atoms with Gasteiger partial charge >= 0.3 is 5.97 Å². The average Bonchev–Trinajstić information content (AvgIpc) is 2.34. The lowest BCUT2D eigenvalue weighted by molar-refractivity contribution is 0.0505. The fourth-order valence-corrected chi connectivity index (χ4v) is 2.43. The van der Waals surface area contributed by atoms with E-state index >= 15 is 0 Å². The van der Waals surface area contributed by atoms with E-state index in [2.05, 4.69) is 0 Å². The van der Waals surface area contributed by atoms with E-state index in [9.17, 15) is 13.2 Å². The molecule has 6 heteroatoms. The van der Waals surface area contributed by atoms with Crippen LogP contribution in [0.2, 0.25) is 0 Å². The summed E-state index contributed by atoms with van der Waals surface area (Å²) in [5.41, 5.74) is 7.37. The van der Waals surface area contributed by atoms with Gasteiger partial charge in [-0.1, -0.05) is 6.92 Å². The maximum atomic E-state index is 11.8. The van der Waals surface area contributed by atoms with Crippen LogP contribution in [0.4, 0.5) is 5.69 Å². The van der Waals surface area contributed by atoms with Crippen LogP contribution in [0.25, 0.3) is 0 Å². The van der Waals surface area contributed by atoms with Gasteiger partial charge in [-0.05, 0) is 37.1 Å². The van der Waals surface area contributed by atoms with E-state index in [0.717, 1.165) is 5.56 Å². The summed E-state index contributed by atoms with van der Waals surface area (Å²) in [6, 6.07) is 4.93. The van der Waals surface area contributed by atoms with Gasteiger partial charge in [0.15, 0.2) is 0 Å². The fourth-order valence-electron chi connectivity index (χ4n) is 1.58. The molecule has 5 nitrogen and oxygen atoms in total. The summed E-state index contributed by atoms with van der Waals surface area (Å²) >= 11 is 0. The van der Waals surface area contributed by atoms with Crippen molar-refractivity contribution in [2.24, 2.45) is 0 Å². The van der Waals surface area contributed by atoms with E-state index in [4.69, 9.17) is 10.5 Å². The topological polar surface area (TPSA) is 86.5 Å². The molecule has 0 aromatic heterocycles. The molecule has 106 valence electrons. The number of sulfone groups is 1. The van der Waals surface area contributed by atoms with Crippen LogP contribution in [0.1, 0.15) is 29.3 Å². The van der Waals surface area contributed by atoms with Crippen LogP contribution in [-0.2, 0) is 14.6 Å². The minimum Gasteiger partial charge on any atom is -0.462 e. The molecule has 0 spiro atoms. The molecule has 0 amide bonds. The Bertz CT molecular complexity index is 552. The molecule has 0 aliphatic heterocycles. The lowest BCUT2D eigenvalue weighted by Crippen LogP contribution is -2.13. The van der Waals surface area contributed by atoms with Gasteiger partial charge in [-0.2, -0.15) is 0 Å². The van der Waals surface area contributed by atoms with Crippen LogP contribution >= 0.6 is 0 Å². The smallest absolute Gasteiger partial charge is 0.338 e. The highest BCUT2D eigenvalue weighted by Crippen LogP contribution is 2.13. The molecule has 0 aliphatic rings. The van der Waals surface area contributed by atoms with Crippen molar-refractivity contribution in [1.82, 2.24) is 0 Å². The Labute approximate surface area is 113 Å². The maximum absolute atomic E-state index is 11.8. The Balaban J connectivity index is 2.48. The van der Waals surface area contributed by atoms with Gasteiger partial charge in [0.2, 0.25) is 0 Å². The number of carbonyl (C=O) groups is 1. The zero-order valence-electron chi connectivity index (χ0n) is 11.2. The van der Waals surface area contributed by atoms with Crippen molar-refractivity contribution in [3.05, 3.63) is 29.3 Å². The monoisotopic (exact) mass is 285 g/mol. The molecule has 0 radical (unpaired) electrons. The van der Waals surface area contributed by atoms with Crippen LogP contribution in [0.5, 0.6) is 0 Å². The van der Waals surface area contributed by atoms with E-state index in [1.807, 2.05) is 0 Å². The second kappa shape index (κ2) is 6.56. The quantitative estimate of drug-likeness (QED) is 0.487. The molecule has 19 heavy (non-hydrogen) atoms. The molecule has 1 aromatic carbocycles. The summed E-state index contributed by atoms with van der Waals surface area (Å²) in [6.45, 7) is 3.47. The second-order valence-corrected chi connectivity index (χ2v) is 6.77. The highest BCUT2D eigenvalue weighted by molar-refractivity contribution is 7.91. The predicted octanol–water partition coefficient (Wildman–Crippen LogP) is 1.56. The van der Waals surface area contributed by atoms with E-state index in [1.54, 1.807) is 32.0 Å². The van der Waals surface area contributed by atoms with Gasteiger partial charge in [-0.25, -0.2) is 13.2 Å². The van der Waals surface area contributed by atoms with Gasteiger partial charge in [-0.3, -0.25) is 0 Å². The average molecular weight is 285 g/mol. The molecule has 1 aromatic rings. The summed E-state index contributed by atoms with van der Waals surface area (Å²) in [5, 5.41) is 0. The molecule has 0 atom stereocenters. The minimum absolute atomic E-state index is 0.0392. The summed E-state index contributed by atoms with van der Waals surface area (Å²) < 4.78 is 27.5. The molecule has 0 saturated heterocycles. The summed E-state index contributed by atoms with van der Waals surface area (Å²) in [7, 11) is -3.00. The van der Waals surface area contributed by atoms with E-state index in [-0.39, 0.29) is 18.1 Å². The minimum atomic E-state index is -3.00. The van der Waals surface area contributed by atoms with Crippen molar-refractivity contribution >= 4 is 21.5 Å². The summed E-state index contributed by atoms with van der Waals surface area (Å²) in [4.78, 5) is 11.8. The van der Waals surface area contributed by atoms with Crippen LogP contribution in [0.15, 0.2) is 18.2 Å². The van der Waals surface area contributed by atoms with Crippen LogP contribution in [0, 0.1) is 6.92 Å². The Kier molecular flexibility index (Phi) is 5.35. The number of anilines is 1. The molecule has 1 rings (SSSR count). The van der Waals surface area contributed by atoms with Crippen molar-refractivity contribution in [2.75, 3.05) is 23.8 Å². The lowest BCUT2D eigenvalue weighted by atomic mass is 10.1. The predicted molar refractivity (Wildman–Crippen MR) is 74.8 cm³/mol. The zero-order valence-corrected chi connectivity index (χ0v) is 12.0. The Hall–Kier alpha value is -1.56. The SMILES string of the molecule is CCS(=O)(=O)CCCOC(=O)c1ccc(N)cc1C.